The average molecular weight is 381 g/mol. The molecule has 1 aromatic heterocycles. The number of hydrogen-bond acceptors (Lipinski definition) is 6. The van der Waals surface area contributed by atoms with Crippen LogP contribution in [-0.4, -0.2) is 84.7 Å². The molecule has 0 N–H and O–H groups in total. The minimum atomic E-state index is -0.238. The lowest BCUT2D eigenvalue weighted by atomic mass is 9.85. The molecular formula is C21H27N5O2. The minimum Gasteiger partial charge on any atom is -0.379 e. The van der Waals surface area contributed by atoms with Crippen molar-refractivity contribution in [3.8, 4) is 0 Å². The SMILES string of the molecule is O=C1N(CCN2CCOCC2)CCC12CCN(c1cnc3ccccc3n1)C2. The fourth-order valence-electron chi connectivity index (χ4n) is 4.74. The predicted octanol–water partition coefficient (Wildman–Crippen LogP) is 1.39. The summed E-state index contributed by atoms with van der Waals surface area (Å²) in [6.45, 7) is 7.84. The van der Waals surface area contributed by atoms with Crippen molar-refractivity contribution >= 4 is 22.8 Å². The summed E-state index contributed by atoms with van der Waals surface area (Å²) >= 11 is 0. The van der Waals surface area contributed by atoms with Gasteiger partial charge in [0.25, 0.3) is 0 Å². The topological polar surface area (TPSA) is 61.8 Å². The molecule has 3 aliphatic heterocycles. The molecule has 148 valence electrons. The highest BCUT2D eigenvalue weighted by molar-refractivity contribution is 5.86. The van der Waals surface area contributed by atoms with Gasteiger partial charge in [-0.25, -0.2) is 4.98 Å². The number of rotatable bonds is 4. The van der Waals surface area contributed by atoms with Gasteiger partial charge in [-0.1, -0.05) is 12.1 Å². The van der Waals surface area contributed by atoms with Gasteiger partial charge in [-0.15, -0.1) is 0 Å². The van der Waals surface area contributed by atoms with Crippen LogP contribution in [0, 0.1) is 5.41 Å². The molecule has 7 heteroatoms. The van der Waals surface area contributed by atoms with Crippen molar-refractivity contribution < 1.29 is 9.53 Å². The molecule has 28 heavy (non-hydrogen) atoms. The van der Waals surface area contributed by atoms with Crippen molar-refractivity contribution in [2.24, 2.45) is 5.41 Å². The second kappa shape index (κ2) is 7.29. The van der Waals surface area contributed by atoms with E-state index in [9.17, 15) is 4.79 Å². The maximum Gasteiger partial charge on any atom is 0.230 e. The molecule has 1 atom stereocenters. The number of ether oxygens (including phenoxy) is 1. The zero-order valence-corrected chi connectivity index (χ0v) is 16.2. The number of amides is 1. The molecule has 0 saturated carbocycles. The van der Waals surface area contributed by atoms with E-state index in [0.717, 1.165) is 88.7 Å². The van der Waals surface area contributed by atoms with Crippen molar-refractivity contribution in [1.29, 1.82) is 0 Å². The van der Waals surface area contributed by atoms with Gasteiger partial charge in [0.05, 0.1) is 35.9 Å². The van der Waals surface area contributed by atoms with E-state index in [1.54, 1.807) is 0 Å². The van der Waals surface area contributed by atoms with Crippen LogP contribution in [0.25, 0.3) is 11.0 Å². The lowest BCUT2D eigenvalue weighted by molar-refractivity contribution is -0.135. The Morgan fingerprint density at radius 3 is 2.64 bits per heavy atom. The van der Waals surface area contributed by atoms with Gasteiger partial charge in [0, 0.05) is 45.8 Å². The quantitative estimate of drug-likeness (QED) is 0.798. The molecule has 1 spiro atoms. The van der Waals surface area contributed by atoms with E-state index in [-0.39, 0.29) is 5.41 Å². The molecule has 4 heterocycles. The van der Waals surface area contributed by atoms with Gasteiger partial charge < -0.3 is 14.5 Å². The van der Waals surface area contributed by atoms with Crippen LogP contribution in [0.2, 0.25) is 0 Å². The third-order valence-corrected chi connectivity index (χ3v) is 6.50. The molecule has 3 saturated heterocycles. The molecule has 1 aromatic carbocycles. The van der Waals surface area contributed by atoms with Crippen molar-refractivity contribution in [2.75, 3.05) is 63.9 Å². The third-order valence-electron chi connectivity index (χ3n) is 6.50. The summed E-state index contributed by atoms with van der Waals surface area (Å²) < 4.78 is 5.41. The van der Waals surface area contributed by atoms with E-state index in [4.69, 9.17) is 9.72 Å². The molecule has 3 fully saturated rings. The molecule has 2 aromatic rings. The number of nitrogens with zero attached hydrogens (tertiary/aromatic N) is 5. The Labute approximate surface area is 165 Å². The zero-order valence-electron chi connectivity index (χ0n) is 16.2. The van der Waals surface area contributed by atoms with Crippen molar-refractivity contribution in [1.82, 2.24) is 19.8 Å². The first kappa shape index (κ1) is 17.8. The number of carbonyl (C=O) groups is 1. The largest absolute Gasteiger partial charge is 0.379 e. The summed E-state index contributed by atoms with van der Waals surface area (Å²) in [5, 5.41) is 0. The summed E-state index contributed by atoms with van der Waals surface area (Å²) in [6.07, 6.45) is 3.71. The first-order valence-corrected chi connectivity index (χ1v) is 10.3. The molecule has 0 bridgehead atoms. The van der Waals surface area contributed by atoms with Crippen molar-refractivity contribution in [2.45, 2.75) is 12.8 Å². The van der Waals surface area contributed by atoms with E-state index in [2.05, 4.69) is 19.7 Å². The van der Waals surface area contributed by atoms with E-state index in [1.807, 2.05) is 30.5 Å². The van der Waals surface area contributed by atoms with E-state index in [0.29, 0.717) is 5.91 Å². The van der Waals surface area contributed by atoms with Gasteiger partial charge in [-0.3, -0.25) is 14.7 Å². The normalized spacial score (nSPS) is 26.1. The first-order chi connectivity index (χ1) is 13.7. The maximum atomic E-state index is 13.2. The van der Waals surface area contributed by atoms with E-state index >= 15 is 0 Å². The molecule has 0 aliphatic carbocycles. The van der Waals surface area contributed by atoms with Gasteiger partial charge in [0.2, 0.25) is 5.91 Å². The Morgan fingerprint density at radius 2 is 1.79 bits per heavy atom. The van der Waals surface area contributed by atoms with Crippen LogP contribution in [0.5, 0.6) is 0 Å². The standard InChI is InChI=1S/C21H27N5O2/c27-20-21(5-7-25(20)10-9-24-11-13-28-14-12-24)6-8-26(16-21)19-15-22-17-3-1-2-4-18(17)23-19/h1-4,15H,5-14,16H2. The smallest absolute Gasteiger partial charge is 0.230 e. The Bertz CT molecular complexity index is 869. The fraction of sp³-hybridized carbons (Fsp3) is 0.571. The average Bonchev–Trinajstić information content (AvgIpc) is 3.32. The molecular weight excluding hydrogens is 354 g/mol. The second-order valence-corrected chi connectivity index (χ2v) is 8.17. The van der Waals surface area contributed by atoms with Gasteiger partial charge in [0.1, 0.15) is 5.82 Å². The van der Waals surface area contributed by atoms with Crippen LogP contribution in [0.15, 0.2) is 30.5 Å². The molecule has 1 unspecified atom stereocenters. The Hall–Kier alpha value is -2.25. The minimum absolute atomic E-state index is 0.238. The van der Waals surface area contributed by atoms with E-state index in [1.165, 1.54) is 0 Å². The molecule has 1 amide bonds. The van der Waals surface area contributed by atoms with Crippen LogP contribution in [0.1, 0.15) is 12.8 Å². The summed E-state index contributed by atoms with van der Waals surface area (Å²) in [4.78, 5) is 29.2. The number of benzene rings is 1. The van der Waals surface area contributed by atoms with Gasteiger partial charge in [0.15, 0.2) is 0 Å². The molecule has 5 rings (SSSR count). The molecule has 0 radical (unpaired) electrons. The highest BCUT2D eigenvalue weighted by atomic mass is 16.5. The zero-order chi connectivity index (χ0) is 19.0. The lowest BCUT2D eigenvalue weighted by Gasteiger charge is -2.29. The van der Waals surface area contributed by atoms with Crippen LogP contribution in [0.4, 0.5) is 5.82 Å². The van der Waals surface area contributed by atoms with Crippen molar-refractivity contribution in [3.05, 3.63) is 30.5 Å². The second-order valence-electron chi connectivity index (χ2n) is 8.17. The predicted molar refractivity (Wildman–Crippen MR) is 107 cm³/mol. The number of fused-ring (bicyclic) bond motifs is 1. The number of hydrogen-bond donors (Lipinski definition) is 0. The number of likely N-dealkylation sites (tertiary alicyclic amines) is 1. The van der Waals surface area contributed by atoms with Crippen LogP contribution >= 0.6 is 0 Å². The van der Waals surface area contributed by atoms with Crippen LogP contribution in [-0.2, 0) is 9.53 Å². The number of para-hydroxylation sites is 2. The Morgan fingerprint density at radius 1 is 1.00 bits per heavy atom. The first-order valence-electron chi connectivity index (χ1n) is 10.3. The highest BCUT2D eigenvalue weighted by Gasteiger charge is 2.50. The van der Waals surface area contributed by atoms with Gasteiger partial charge >= 0.3 is 0 Å². The summed E-state index contributed by atoms with van der Waals surface area (Å²) in [7, 11) is 0. The molecule has 7 nitrogen and oxygen atoms in total. The monoisotopic (exact) mass is 381 g/mol. The van der Waals surface area contributed by atoms with Crippen molar-refractivity contribution in [3.63, 3.8) is 0 Å². The highest BCUT2D eigenvalue weighted by Crippen LogP contribution is 2.41. The molecule has 3 aliphatic rings. The summed E-state index contributed by atoms with van der Waals surface area (Å²) in [5.74, 6) is 1.21. The number of aromatic nitrogens is 2. The van der Waals surface area contributed by atoms with Crippen LogP contribution in [0.3, 0.4) is 0 Å². The number of carbonyl (C=O) groups excluding carboxylic acids is 1. The van der Waals surface area contributed by atoms with Crippen LogP contribution < -0.4 is 4.90 Å². The number of morpholine rings is 1. The van der Waals surface area contributed by atoms with Gasteiger partial charge in [-0.05, 0) is 25.0 Å². The third kappa shape index (κ3) is 3.22. The fourth-order valence-corrected chi connectivity index (χ4v) is 4.74. The lowest BCUT2D eigenvalue weighted by Crippen LogP contribution is -2.43. The Balaban J connectivity index is 1.24. The Kier molecular flexibility index (Phi) is 4.64. The van der Waals surface area contributed by atoms with E-state index < -0.39 is 0 Å². The summed E-state index contributed by atoms with van der Waals surface area (Å²) in [5.41, 5.74) is 1.58. The summed E-state index contributed by atoms with van der Waals surface area (Å²) in [6, 6.07) is 7.93. The number of anilines is 1. The van der Waals surface area contributed by atoms with Gasteiger partial charge in [-0.2, -0.15) is 0 Å². The maximum absolute atomic E-state index is 13.2.